The van der Waals surface area contributed by atoms with E-state index in [-0.39, 0.29) is 0 Å². The van der Waals surface area contributed by atoms with Crippen molar-refractivity contribution in [3.63, 3.8) is 0 Å². The second-order valence-corrected chi connectivity index (χ2v) is 5.65. The first kappa shape index (κ1) is 13.6. The summed E-state index contributed by atoms with van der Waals surface area (Å²) in [6.45, 7) is 3.33. The van der Waals surface area contributed by atoms with Crippen LogP contribution in [0.5, 0.6) is 0 Å². The molecule has 1 saturated carbocycles. The first-order valence-electron chi connectivity index (χ1n) is 7.52. The number of nitrogens with zero attached hydrogens (tertiary/aromatic N) is 2. The molecule has 1 aliphatic carbocycles. The highest BCUT2D eigenvalue weighted by molar-refractivity contribution is 5.05. The highest BCUT2D eigenvalue weighted by Crippen LogP contribution is 2.32. The quantitative estimate of drug-likeness (QED) is 0.810. The van der Waals surface area contributed by atoms with Gasteiger partial charge in [-0.2, -0.15) is 0 Å². The average molecular weight is 249 g/mol. The Morgan fingerprint density at radius 2 is 2.06 bits per heavy atom. The molecule has 1 aromatic rings. The Morgan fingerprint density at radius 3 is 2.61 bits per heavy atom. The minimum absolute atomic E-state index is 0.462. The van der Waals surface area contributed by atoms with Crippen LogP contribution in [-0.2, 0) is 7.05 Å². The zero-order chi connectivity index (χ0) is 12.8. The number of rotatable bonds is 5. The third kappa shape index (κ3) is 3.58. The zero-order valence-corrected chi connectivity index (χ0v) is 11.9. The molecular formula is C15H27N3. The predicted molar refractivity (Wildman–Crippen MR) is 75.4 cm³/mol. The van der Waals surface area contributed by atoms with Gasteiger partial charge >= 0.3 is 0 Å². The van der Waals surface area contributed by atoms with Crippen molar-refractivity contribution in [1.82, 2.24) is 14.9 Å². The normalized spacial score (nSPS) is 19.7. The largest absolute Gasteiger partial charge is 0.340 e. The first-order valence-corrected chi connectivity index (χ1v) is 7.52. The fraction of sp³-hybridized carbons (Fsp3) is 0.800. The molecule has 1 aromatic heterocycles. The van der Waals surface area contributed by atoms with Crippen LogP contribution in [0.25, 0.3) is 0 Å². The van der Waals surface area contributed by atoms with E-state index in [0.29, 0.717) is 6.04 Å². The lowest BCUT2D eigenvalue weighted by molar-refractivity contribution is 0.321. The smallest absolute Gasteiger partial charge is 0.0947 e. The molecule has 1 atom stereocenters. The summed E-state index contributed by atoms with van der Waals surface area (Å²) in [6, 6.07) is 0.462. The molecule has 1 fully saturated rings. The topological polar surface area (TPSA) is 29.9 Å². The number of imidazole rings is 1. The molecule has 1 unspecified atom stereocenters. The molecule has 0 spiro atoms. The molecule has 1 aliphatic rings. The van der Waals surface area contributed by atoms with Gasteiger partial charge in [-0.1, -0.05) is 32.6 Å². The standard InChI is InChI=1S/C15H27N3/c1-3-10-16-15(14-11-18(2)12-17-14)13-8-6-4-5-7-9-13/h11-13,15-16H,3-10H2,1-2H3. The van der Waals surface area contributed by atoms with Crippen molar-refractivity contribution in [1.29, 1.82) is 0 Å². The van der Waals surface area contributed by atoms with Crippen LogP contribution in [0.4, 0.5) is 0 Å². The summed E-state index contributed by atoms with van der Waals surface area (Å²) in [7, 11) is 2.06. The minimum atomic E-state index is 0.462. The van der Waals surface area contributed by atoms with E-state index >= 15 is 0 Å². The van der Waals surface area contributed by atoms with E-state index in [4.69, 9.17) is 0 Å². The molecule has 0 radical (unpaired) electrons. The third-order valence-corrected chi connectivity index (χ3v) is 4.03. The van der Waals surface area contributed by atoms with Gasteiger partial charge < -0.3 is 9.88 Å². The van der Waals surface area contributed by atoms with Crippen LogP contribution in [0.2, 0.25) is 0 Å². The Bertz CT molecular complexity index is 337. The number of hydrogen-bond donors (Lipinski definition) is 1. The summed E-state index contributed by atoms with van der Waals surface area (Å²) in [5, 5.41) is 3.72. The van der Waals surface area contributed by atoms with E-state index in [2.05, 4.69) is 35.0 Å². The Labute approximate surface area is 111 Å². The van der Waals surface area contributed by atoms with Crippen molar-refractivity contribution < 1.29 is 0 Å². The van der Waals surface area contributed by atoms with Crippen LogP contribution in [0.15, 0.2) is 12.5 Å². The van der Waals surface area contributed by atoms with Gasteiger partial charge in [-0.05, 0) is 31.7 Å². The molecule has 18 heavy (non-hydrogen) atoms. The van der Waals surface area contributed by atoms with Crippen molar-refractivity contribution in [2.24, 2.45) is 13.0 Å². The van der Waals surface area contributed by atoms with E-state index in [1.165, 1.54) is 50.6 Å². The predicted octanol–water partition coefficient (Wildman–Crippen LogP) is 3.43. The summed E-state index contributed by atoms with van der Waals surface area (Å²) in [5.41, 5.74) is 1.23. The average Bonchev–Trinajstić information content (AvgIpc) is 2.65. The number of aryl methyl sites for hydroxylation is 1. The summed E-state index contributed by atoms with van der Waals surface area (Å²) in [6.07, 6.45) is 13.6. The molecule has 1 N–H and O–H groups in total. The molecule has 3 nitrogen and oxygen atoms in total. The monoisotopic (exact) mass is 249 g/mol. The van der Waals surface area contributed by atoms with Crippen LogP contribution in [0.1, 0.15) is 63.6 Å². The van der Waals surface area contributed by atoms with Crippen molar-refractivity contribution in [2.45, 2.75) is 57.9 Å². The van der Waals surface area contributed by atoms with Gasteiger partial charge in [0.05, 0.1) is 18.1 Å². The van der Waals surface area contributed by atoms with E-state index in [9.17, 15) is 0 Å². The summed E-state index contributed by atoms with van der Waals surface area (Å²) < 4.78 is 2.06. The van der Waals surface area contributed by atoms with E-state index in [0.717, 1.165) is 12.5 Å². The Morgan fingerprint density at radius 1 is 1.33 bits per heavy atom. The van der Waals surface area contributed by atoms with Crippen LogP contribution in [0, 0.1) is 5.92 Å². The molecule has 0 bridgehead atoms. The van der Waals surface area contributed by atoms with Gasteiger partial charge in [-0.15, -0.1) is 0 Å². The molecule has 1 heterocycles. The molecule has 0 aromatic carbocycles. The van der Waals surface area contributed by atoms with Gasteiger partial charge in [0.1, 0.15) is 0 Å². The van der Waals surface area contributed by atoms with Gasteiger partial charge in [0.25, 0.3) is 0 Å². The van der Waals surface area contributed by atoms with Crippen molar-refractivity contribution >= 4 is 0 Å². The number of hydrogen-bond acceptors (Lipinski definition) is 2. The molecule has 0 amide bonds. The summed E-state index contributed by atoms with van der Waals surface area (Å²) in [4.78, 5) is 4.58. The number of nitrogens with one attached hydrogen (secondary N) is 1. The van der Waals surface area contributed by atoms with Gasteiger partial charge in [0.15, 0.2) is 0 Å². The van der Waals surface area contributed by atoms with Crippen LogP contribution >= 0.6 is 0 Å². The Balaban J connectivity index is 2.07. The molecule has 0 aliphatic heterocycles. The Hall–Kier alpha value is -0.830. The molecule has 3 heteroatoms. The number of aromatic nitrogens is 2. The van der Waals surface area contributed by atoms with Crippen LogP contribution < -0.4 is 5.32 Å². The Kier molecular flexibility index (Phi) is 5.24. The molecule has 2 rings (SSSR count). The van der Waals surface area contributed by atoms with Crippen LogP contribution in [0.3, 0.4) is 0 Å². The highest BCUT2D eigenvalue weighted by atomic mass is 15.0. The lowest BCUT2D eigenvalue weighted by Crippen LogP contribution is -2.29. The van der Waals surface area contributed by atoms with E-state index < -0.39 is 0 Å². The maximum absolute atomic E-state index is 4.58. The molecule has 102 valence electrons. The van der Waals surface area contributed by atoms with E-state index in [1.807, 2.05) is 6.33 Å². The third-order valence-electron chi connectivity index (χ3n) is 4.03. The van der Waals surface area contributed by atoms with Gasteiger partial charge in [0, 0.05) is 13.2 Å². The zero-order valence-electron chi connectivity index (χ0n) is 11.9. The fourth-order valence-corrected chi connectivity index (χ4v) is 3.05. The van der Waals surface area contributed by atoms with Gasteiger partial charge in [0.2, 0.25) is 0 Å². The minimum Gasteiger partial charge on any atom is -0.340 e. The summed E-state index contributed by atoms with van der Waals surface area (Å²) in [5.74, 6) is 0.772. The lowest BCUT2D eigenvalue weighted by atomic mass is 9.90. The second-order valence-electron chi connectivity index (χ2n) is 5.65. The fourth-order valence-electron chi connectivity index (χ4n) is 3.05. The maximum Gasteiger partial charge on any atom is 0.0947 e. The maximum atomic E-state index is 4.58. The first-order chi connectivity index (χ1) is 8.81. The van der Waals surface area contributed by atoms with Crippen molar-refractivity contribution in [3.05, 3.63) is 18.2 Å². The molecular weight excluding hydrogens is 222 g/mol. The summed E-state index contributed by atoms with van der Waals surface area (Å²) >= 11 is 0. The van der Waals surface area contributed by atoms with Crippen molar-refractivity contribution in [3.8, 4) is 0 Å². The van der Waals surface area contributed by atoms with Crippen LogP contribution in [-0.4, -0.2) is 16.1 Å². The molecule has 0 saturated heterocycles. The van der Waals surface area contributed by atoms with E-state index in [1.54, 1.807) is 0 Å². The highest BCUT2D eigenvalue weighted by Gasteiger charge is 2.25. The lowest BCUT2D eigenvalue weighted by Gasteiger charge is -2.26. The second kappa shape index (κ2) is 6.93. The van der Waals surface area contributed by atoms with Gasteiger partial charge in [-0.3, -0.25) is 0 Å². The SMILES string of the molecule is CCCNC(c1cn(C)cn1)C1CCCCCC1. The van der Waals surface area contributed by atoms with Crippen molar-refractivity contribution in [2.75, 3.05) is 6.54 Å². The van der Waals surface area contributed by atoms with Gasteiger partial charge in [-0.25, -0.2) is 4.98 Å².